The highest BCUT2D eigenvalue weighted by Crippen LogP contribution is 2.13. The number of halogens is 1. The average Bonchev–Trinajstić information content (AvgIpc) is 2.89. The molecule has 0 saturated carbocycles. The van der Waals surface area contributed by atoms with Crippen molar-refractivity contribution in [2.45, 2.75) is 0 Å². The third-order valence-corrected chi connectivity index (χ3v) is 3.47. The number of carbonyl (C=O) groups is 2. The summed E-state index contributed by atoms with van der Waals surface area (Å²) in [7, 11) is 1.70. The molecule has 0 atom stereocenters. The molecule has 0 fully saturated rings. The Morgan fingerprint density at radius 2 is 1.92 bits per heavy atom. The van der Waals surface area contributed by atoms with Crippen molar-refractivity contribution >= 4 is 39.5 Å². The molecule has 0 aliphatic heterocycles. The molecule has 0 spiro atoms. The Morgan fingerprint density at radius 1 is 1.25 bits per heavy atom. The average molecular weight is 393 g/mol. The van der Waals surface area contributed by atoms with E-state index in [0.29, 0.717) is 11.3 Å². The highest BCUT2D eigenvalue weighted by Gasteiger charge is 2.11. The molecule has 0 radical (unpaired) electrons. The number of nitro benzene ring substituents is 1. The van der Waals surface area contributed by atoms with Gasteiger partial charge < -0.3 is 4.57 Å². The van der Waals surface area contributed by atoms with Gasteiger partial charge in [-0.05, 0) is 45.8 Å². The smallest absolute Gasteiger partial charge is 0.286 e. The lowest BCUT2D eigenvalue weighted by Crippen LogP contribution is -2.41. The predicted molar refractivity (Wildman–Crippen MR) is 90.9 cm³/mol. The minimum Gasteiger partial charge on any atom is -0.345 e. The van der Waals surface area contributed by atoms with Gasteiger partial charge in [-0.1, -0.05) is 0 Å². The van der Waals surface area contributed by atoms with E-state index in [1.807, 2.05) is 0 Å². The maximum absolute atomic E-state index is 11.9. The number of aromatic nitrogens is 1. The molecule has 24 heavy (non-hydrogen) atoms. The topological polar surface area (TPSA) is 106 Å². The number of amides is 2. The zero-order valence-electron chi connectivity index (χ0n) is 12.5. The van der Waals surface area contributed by atoms with Gasteiger partial charge in [-0.25, -0.2) is 0 Å². The van der Waals surface area contributed by atoms with Crippen LogP contribution in [0.15, 0.2) is 47.1 Å². The summed E-state index contributed by atoms with van der Waals surface area (Å²) in [5, 5.41) is 10.5. The third-order valence-electron chi connectivity index (χ3n) is 3.03. The molecule has 0 aliphatic rings. The second-order valence-corrected chi connectivity index (χ2v) is 5.70. The number of hydrogen-bond donors (Lipinski definition) is 2. The summed E-state index contributed by atoms with van der Waals surface area (Å²) in [5.74, 6) is -0.990. The van der Waals surface area contributed by atoms with Crippen LogP contribution in [0.2, 0.25) is 0 Å². The molecule has 2 N–H and O–H groups in total. The van der Waals surface area contributed by atoms with Gasteiger partial charge in [0.2, 0.25) is 0 Å². The molecule has 1 heterocycles. The number of nitrogens with zero attached hydrogens (tertiary/aromatic N) is 2. The summed E-state index contributed by atoms with van der Waals surface area (Å²) in [6.45, 7) is 0. The molecule has 2 amide bonds. The lowest BCUT2D eigenvalue weighted by Gasteiger charge is -2.05. The SMILES string of the molecule is Cn1cc(Br)cc1C(=O)NNC(=O)/C=C/c1ccc([N+](=O)[O-])cc1. The van der Waals surface area contributed by atoms with Crippen LogP contribution in [0, 0.1) is 10.1 Å². The van der Waals surface area contributed by atoms with Crippen molar-refractivity contribution in [2.75, 3.05) is 0 Å². The Labute approximate surface area is 145 Å². The van der Waals surface area contributed by atoms with Crippen molar-refractivity contribution < 1.29 is 14.5 Å². The van der Waals surface area contributed by atoms with Crippen LogP contribution in [0.3, 0.4) is 0 Å². The zero-order valence-corrected chi connectivity index (χ0v) is 14.1. The molecule has 0 saturated heterocycles. The van der Waals surface area contributed by atoms with Crippen LogP contribution in [-0.4, -0.2) is 21.3 Å². The molecule has 0 unspecified atom stereocenters. The molecule has 2 aromatic rings. The van der Waals surface area contributed by atoms with Crippen molar-refractivity contribution in [2.24, 2.45) is 7.05 Å². The standard InChI is InChI=1S/C15H13BrN4O4/c1-19-9-11(16)8-13(19)15(22)18-17-14(21)7-4-10-2-5-12(6-3-10)20(23)24/h2-9H,1H3,(H,17,21)(H,18,22)/b7-4+. The van der Waals surface area contributed by atoms with E-state index in [4.69, 9.17) is 0 Å². The molecule has 0 aliphatic carbocycles. The molecule has 124 valence electrons. The van der Waals surface area contributed by atoms with Crippen LogP contribution in [0.4, 0.5) is 5.69 Å². The van der Waals surface area contributed by atoms with E-state index >= 15 is 0 Å². The van der Waals surface area contributed by atoms with E-state index in [2.05, 4.69) is 26.8 Å². The monoisotopic (exact) mass is 392 g/mol. The van der Waals surface area contributed by atoms with Gasteiger partial charge in [-0.3, -0.25) is 30.6 Å². The molecule has 8 nitrogen and oxygen atoms in total. The largest absolute Gasteiger partial charge is 0.345 e. The third kappa shape index (κ3) is 4.53. The molecule has 9 heteroatoms. The normalized spacial score (nSPS) is 10.6. The van der Waals surface area contributed by atoms with Crippen LogP contribution in [0.1, 0.15) is 16.1 Å². The summed E-state index contributed by atoms with van der Waals surface area (Å²) < 4.78 is 2.36. The number of aryl methyl sites for hydroxylation is 1. The number of hydrazine groups is 1. The van der Waals surface area contributed by atoms with Gasteiger partial charge in [0.15, 0.2) is 0 Å². The fourth-order valence-electron chi connectivity index (χ4n) is 1.85. The van der Waals surface area contributed by atoms with Crippen molar-refractivity contribution in [3.05, 3.63) is 68.4 Å². The number of non-ortho nitro benzene ring substituents is 1. The van der Waals surface area contributed by atoms with E-state index in [0.717, 1.165) is 4.47 Å². The van der Waals surface area contributed by atoms with Gasteiger partial charge >= 0.3 is 0 Å². The number of carbonyl (C=O) groups excluding carboxylic acids is 2. The molecular formula is C15H13BrN4O4. The Bertz CT molecular complexity index is 811. The van der Waals surface area contributed by atoms with Crippen molar-refractivity contribution in [1.29, 1.82) is 0 Å². The lowest BCUT2D eigenvalue weighted by atomic mass is 10.2. The highest BCUT2D eigenvalue weighted by atomic mass is 79.9. The van der Waals surface area contributed by atoms with Crippen molar-refractivity contribution in [3.63, 3.8) is 0 Å². The molecular weight excluding hydrogens is 380 g/mol. The van der Waals surface area contributed by atoms with Crippen LogP contribution in [-0.2, 0) is 11.8 Å². The first-order chi connectivity index (χ1) is 11.4. The van der Waals surface area contributed by atoms with Gasteiger partial charge in [-0.2, -0.15) is 0 Å². The minimum atomic E-state index is -0.532. The molecule has 0 bridgehead atoms. The molecule has 2 rings (SSSR count). The van der Waals surface area contributed by atoms with Gasteiger partial charge in [0.25, 0.3) is 17.5 Å². The Balaban J connectivity index is 1.89. The van der Waals surface area contributed by atoms with Crippen LogP contribution in [0.25, 0.3) is 6.08 Å². The number of benzene rings is 1. The van der Waals surface area contributed by atoms with E-state index in [9.17, 15) is 19.7 Å². The van der Waals surface area contributed by atoms with E-state index in [1.54, 1.807) is 23.9 Å². The quantitative estimate of drug-likeness (QED) is 0.472. The summed E-state index contributed by atoms with van der Waals surface area (Å²) in [6, 6.07) is 7.33. The summed E-state index contributed by atoms with van der Waals surface area (Å²) in [5.41, 5.74) is 5.51. The molecule has 1 aromatic carbocycles. The summed E-state index contributed by atoms with van der Waals surface area (Å²) in [6.07, 6.45) is 4.40. The van der Waals surface area contributed by atoms with E-state index < -0.39 is 16.7 Å². The minimum absolute atomic E-state index is 0.0300. The van der Waals surface area contributed by atoms with Crippen LogP contribution in [0.5, 0.6) is 0 Å². The second-order valence-electron chi connectivity index (χ2n) is 4.78. The number of nitrogens with one attached hydrogen (secondary N) is 2. The Hall–Kier alpha value is -2.94. The first-order valence-electron chi connectivity index (χ1n) is 6.71. The van der Waals surface area contributed by atoms with Crippen LogP contribution < -0.4 is 10.9 Å². The summed E-state index contributed by atoms with van der Waals surface area (Å²) in [4.78, 5) is 33.6. The number of nitro groups is 1. The van der Waals surface area contributed by atoms with Gasteiger partial charge in [-0.15, -0.1) is 0 Å². The van der Waals surface area contributed by atoms with Gasteiger partial charge in [0, 0.05) is 35.9 Å². The Kier molecular flexibility index (Phi) is 5.48. The van der Waals surface area contributed by atoms with Crippen LogP contribution >= 0.6 is 15.9 Å². The van der Waals surface area contributed by atoms with Crippen molar-refractivity contribution in [1.82, 2.24) is 15.4 Å². The summed E-state index contributed by atoms with van der Waals surface area (Å²) >= 11 is 3.25. The van der Waals surface area contributed by atoms with Gasteiger partial charge in [0.05, 0.1) is 4.92 Å². The second kappa shape index (κ2) is 7.55. The lowest BCUT2D eigenvalue weighted by molar-refractivity contribution is -0.384. The fourth-order valence-corrected chi connectivity index (χ4v) is 2.38. The first-order valence-corrected chi connectivity index (χ1v) is 7.51. The van der Waals surface area contributed by atoms with Gasteiger partial charge in [0.1, 0.15) is 5.69 Å². The zero-order chi connectivity index (χ0) is 17.7. The molecule has 1 aromatic heterocycles. The predicted octanol–water partition coefficient (Wildman–Crippen LogP) is 2.17. The van der Waals surface area contributed by atoms with Crippen molar-refractivity contribution in [3.8, 4) is 0 Å². The Morgan fingerprint density at radius 3 is 2.46 bits per heavy atom. The maximum Gasteiger partial charge on any atom is 0.286 e. The van der Waals surface area contributed by atoms with E-state index in [1.165, 1.54) is 36.4 Å². The maximum atomic E-state index is 11.9. The highest BCUT2D eigenvalue weighted by molar-refractivity contribution is 9.10. The first kappa shape index (κ1) is 17.4. The fraction of sp³-hybridized carbons (Fsp3) is 0.0667. The van der Waals surface area contributed by atoms with E-state index in [-0.39, 0.29) is 5.69 Å². The number of rotatable bonds is 4. The number of hydrogen-bond acceptors (Lipinski definition) is 4.